The SMILES string of the molecule is CC(NC(=O)OCC1c2ccccc2-c2ccccc21)C(=O)NCC(CC1CCCC1)C(=O)O. The highest BCUT2D eigenvalue weighted by molar-refractivity contribution is 5.85. The van der Waals surface area contributed by atoms with Crippen molar-refractivity contribution in [1.82, 2.24) is 10.6 Å². The van der Waals surface area contributed by atoms with E-state index in [1.807, 2.05) is 36.4 Å². The minimum absolute atomic E-state index is 0.0569. The molecule has 2 aliphatic carbocycles. The Balaban J connectivity index is 1.27. The smallest absolute Gasteiger partial charge is 0.407 e. The van der Waals surface area contributed by atoms with Crippen LogP contribution in [0, 0.1) is 11.8 Å². The first-order chi connectivity index (χ1) is 16.4. The van der Waals surface area contributed by atoms with Crippen LogP contribution in [0.1, 0.15) is 56.1 Å². The molecule has 0 heterocycles. The van der Waals surface area contributed by atoms with Gasteiger partial charge in [0.05, 0.1) is 5.92 Å². The summed E-state index contributed by atoms with van der Waals surface area (Å²) in [5, 5.41) is 14.7. The van der Waals surface area contributed by atoms with E-state index in [9.17, 15) is 19.5 Å². The van der Waals surface area contributed by atoms with Crippen LogP contribution in [0.25, 0.3) is 11.1 Å². The fourth-order valence-electron chi connectivity index (χ4n) is 5.18. The highest BCUT2D eigenvalue weighted by atomic mass is 16.5. The molecule has 2 amide bonds. The molecular formula is C27H32N2O5. The molecule has 2 atom stereocenters. The zero-order chi connectivity index (χ0) is 24.1. The van der Waals surface area contributed by atoms with Gasteiger partial charge in [0.25, 0.3) is 0 Å². The number of carbonyl (C=O) groups is 3. The molecule has 0 saturated heterocycles. The van der Waals surface area contributed by atoms with Gasteiger partial charge >= 0.3 is 12.1 Å². The minimum atomic E-state index is -0.899. The molecule has 0 aromatic heterocycles. The third-order valence-corrected chi connectivity index (χ3v) is 7.04. The first-order valence-corrected chi connectivity index (χ1v) is 12.1. The molecule has 7 heteroatoms. The number of aliphatic carboxylic acids is 1. The second-order valence-electron chi connectivity index (χ2n) is 9.36. The maximum atomic E-state index is 12.5. The van der Waals surface area contributed by atoms with Crippen molar-refractivity contribution in [2.75, 3.05) is 13.2 Å². The number of hydrogen-bond acceptors (Lipinski definition) is 4. The topological polar surface area (TPSA) is 105 Å². The molecule has 1 saturated carbocycles. The molecule has 7 nitrogen and oxygen atoms in total. The van der Waals surface area contributed by atoms with E-state index in [1.54, 1.807) is 6.92 Å². The van der Waals surface area contributed by atoms with E-state index < -0.39 is 29.9 Å². The van der Waals surface area contributed by atoms with Crippen molar-refractivity contribution in [2.45, 2.75) is 51.0 Å². The van der Waals surface area contributed by atoms with Crippen molar-refractivity contribution in [3.8, 4) is 11.1 Å². The molecule has 2 unspecified atom stereocenters. The Labute approximate surface area is 199 Å². The molecule has 0 aliphatic heterocycles. The zero-order valence-corrected chi connectivity index (χ0v) is 19.5. The number of rotatable bonds is 9. The summed E-state index contributed by atoms with van der Waals surface area (Å²) >= 11 is 0. The van der Waals surface area contributed by atoms with E-state index in [-0.39, 0.29) is 19.1 Å². The van der Waals surface area contributed by atoms with Crippen molar-refractivity contribution < 1.29 is 24.2 Å². The number of fused-ring (bicyclic) bond motifs is 3. The van der Waals surface area contributed by atoms with Crippen LogP contribution in [-0.4, -0.2) is 42.3 Å². The van der Waals surface area contributed by atoms with Gasteiger partial charge in [-0.05, 0) is 41.5 Å². The van der Waals surface area contributed by atoms with E-state index in [0.29, 0.717) is 12.3 Å². The molecule has 0 bridgehead atoms. The van der Waals surface area contributed by atoms with Crippen molar-refractivity contribution in [1.29, 1.82) is 0 Å². The lowest BCUT2D eigenvalue weighted by Crippen LogP contribution is -2.47. The third-order valence-electron chi connectivity index (χ3n) is 7.04. The monoisotopic (exact) mass is 464 g/mol. The van der Waals surface area contributed by atoms with Crippen molar-refractivity contribution in [3.05, 3.63) is 59.7 Å². The molecule has 2 aliphatic rings. The van der Waals surface area contributed by atoms with Gasteiger partial charge in [0.2, 0.25) is 5.91 Å². The van der Waals surface area contributed by atoms with Crippen LogP contribution in [0.4, 0.5) is 4.79 Å². The Hall–Kier alpha value is -3.35. The van der Waals surface area contributed by atoms with Gasteiger partial charge in [0.15, 0.2) is 0 Å². The van der Waals surface area contributed by atoms with Crippen LogP contribution in [0.15, 0.2) is 48.5 Å². The molecule has 3 N–H and O–H groups in total. The van der Waals surface area contributed by atoms with Crippen LogP contribution in [0.5, 0.6) is 0 Å². The number of carboxylic acids is 1. The van der Waals surface area contributed by atoms with Gasteiger partial charge in [0, 0.05) is 12.5 Å². The number of nitrogens with one attached hydrogen (secondary N) is 2. The van der Waals surface area contributed by atoms with Gasteiger partial charge in [-0.2, -0.15) is 0 Å². The van der Waals surface area contributed by atoms with Gasteiger partial charge in [0.1, 0.15) is 12.6 Å². The van der Waals surface area contributed by atoms with Crippen LogP contribution in [-0.2, 0) is 14.3 Å². The number of ether oxygens (including phenoxy) is 1. The highest BCUT2D eigenvalue weighted by Gasteiger charge is 2.30. The van der Waals surface area contributed by atoms with Crippen molar-refractivity contribution >= 4 is 18.0 Å². The van der Waals surface area contributed by atoms with E-state index in [1.165, 1.54) is 0 Å². The highest BCUT2D eigenvalue weighted by Crippen LogP contribution is 2.44. The summed E-state index contributed by atoms with van der Waals surface area (Å²) in [5.41, 5.74) is 4.52. The Bertz CT molecular complexity index is 1000. The minimum Gasteiger partial charge on any atom is -0.481 e. The van der Waals surface area contributed by atoms with Crippen LogP contribution >= 0.6 is 0 Å². The van der Waals surface area contributed by atoms with Crippen LogP contribution < -0.4 is 10.6 Å². The number of hydrogen-bond donors (Lipinski definition) is 3. The van der Waals surface area contributed by atoms with Crippen LogP contribution in [0.3, 0.4) is 0 Å². The van der Waals surface area contributed by atoms with Gasteiger partial charge < -0.3 is 20.5 Å². The Morgan fingerprint density at radius 3 is 2.18 bits per heavy atom. The largest absolute Gasteiger partial charge is 0.481 e. The molecule has 2 aromatic carbocycles. The standard InChI is InChI=1S/C27H32N2O5/c1-17(25(30)28-15-19(26(31)32)14-18-8-2-3-9-18)29-27(33)34-16-24-22-12-6-4-10-20(22)21-11-5-7-13-23(21)24/h4-7,10-13,17-19,24H,2-3,8-9,14-16H2,1H3,(H,28,30)(H,29,33)(H,31,32). The average molecular weight is 465 g/mol. The quantitative estimate of drug-likeness (QED) is 0.513. The normalized spacial score (nSPS) is 16.9. The number of benzene rings is 2. The van der Waals surface area contributed by atoms with E-state index in [0.717, 1.165) is 47.9 Å². The Morgan fingerprint density at radius 2 is 1.59 bits per heavy atom. The molecule has 34 heavy (non-hydrogen) atoms. The average Bonchev–Trinajstić information content (AvgIpc) is 3.46. The number of amides is 2. The molecule has 4 rings (SSSR count). The van der Waals surface area contributed by atoms with Crippen molar-refractivity contribution in [2.24, 2.45) is 11.8 Å². The zero-order valence-electron chi connectivity index (χ0n) is 19.5. The second kappa shape index (κ2) is 10.7. The molecule has 2 aromatic rings. The summed E-state index contributed by atoms with van der Waals surface area (Å²) in [7, 11) is 0. The lowest BCUT2D eigenvalue weighted by atomic mass is 9.93. The maximum Gasteiger partial charge on any atom is 0.407 e. The van der Waals surface area contributed by atoms with E-state index in [2.05, 4.69) is 22.8 Å². The first kappa shape index (κ1) is 23.8. The first-order valence-electron chi connectivity index (χ1n) is 12.1. The third kappa shape index (κ3) is 5.41. The fraction of sp³-hybridized carbons (Fsp3) is 0.444. The van der Waals surface area contributed by atoms with E-state index in [4.69, 9.17) is 4.74 Å². The summed E-state index contributed by atoms with van der Waals surface area (Å²) in [6, 6.07) is 15.3. The predicted octanol–water partition coefficient (Wildman–Crippen LogP) is 4.31. The summed E-state index contributed by atoms with van der Waals surface area (Å²) < 4.78 is 5.49. The molecule has 1 fully saturated rings. The van der Waals surface area contributed by atoms with Crippen molar-refractivity contribution in [3.63, 3.8) is 0 Å². The molecule has 0 radical (unpaired) electrons. The van der Waals surface area contributed by atoms with Gasteiger partial charge in [-0.3, -0.25) is 9.59 Å². The lowest BCUT2D eigenvalue weighted by molar-refractivity contribution is -0.142. The van der Waals surface area contributed by atoms with E-state index >= 15 is 0 Å². The number of carboxylic acid groups (broad SMARTS) is 1. The van der Waals surface area contributed by atoms with Gasteiger partial charge in [-0.25, -0.2) is 4.79 Å². The van der Waals surface area contributed by atoms with Gasteiger partial charge in [-0.1, -0.05) is 74.2 Å². The lowest BCUT2D eigenvalue weighted by Gasteiger charge is -2.20. The Kier molecular flexibility index (Phi) is 7.50. The molecule has 180 valence electrons. The summed E-state index contributed by atoms with van der Waals surface area (Å²) in [5.74, 6) is -1.59. The molecule has 0 spiro atoms. The molecular weight excluding hydrogens is 432 g/mol. The van der Waals surface area contributed by atoms with Gasteiger partial charge in [-0.15, -0.1) is 0 Å². The fourth-order valence-corrected chi connectivity index (χ4v) is 5.18. The summed E-state index contributed by atoms with van der Waals surface area (Å²) in [4.78, 5) is 36.5. The van der Waals surface area contributed by atoms with Crippen LogP contribution in [0.2, 0.25) is 0 Å². The maximum absolute atomic E-state index is 12.5. The predicted molar refractivity (Wildman–Crippen MR) is 128 cm³/mol. The summed E-state index contributed by atoms with van der Waals surface area (Å²) in [6.07, 6.45) is 4.29. The Morgan fingerprint density at radius 1 is 1.00 bits per heavy atom. The number of alkyl carbamates (subject to hydrolysis) is 1. The number of carbonyl (C=O) groups excluding carboxylic acids is 2. The second-order valence-corrected chi connectivity index (χ2v) is 9.36. The summed E-state index contributed by atoms with van der Waals surface area (Å²) in [6.45, 7) is 1.78.